The van der Waals surface area contributed by atoms with Crippen molar-refractivity contribution in [1.29, 1.82) is 0 Å². The minimum atomic E-state index is 0.352. The Hall–Kier alpha value is -1.41. The Bertz CT molecular complexity index is 514. The van der Waals surface area contributed by atoms with Gasteiger partial charge in [-0.05, 0) is 30.8 Å². The molecule has 2 rings (SSSR count). The lowest BCUT2D eigenvalue weighted by molar-refractivity contribution is 0.466. The van der Waals surface area contributed by atoms with E-state index < -0.39 is 0 Å². The van der Waals surface area contributed by atoms with Crippen molar-refractivity contribution in [1.82, 2.24) is 10.3 Å². The van der Waals surface area contributed by atoms with Crippen LogP contribution >= 0.6 is 0 Å². The van der Waals surface area contributed by atoms with Gasteiger partial charge in [0.15, 0.2) is 0 Å². The Labute approximate surface area is 116 Å². The van der Waals surface area contributed by atoms with Crippen molar-refractivity contribution in [3.63, 3.8) is 0 Å². The van der Waals surface area contributed by atoms with E-state index in [2.05, 4.69) is 54.5 Å². The van der Waals surface area contributed by atoms with E-state index in [0.29, 0.717) is 6.04 Å². The first-order valence-corrected chi connectivity index (χ1v) is 7.23. The zero-order chi connectivity index (χ0) is 13.7. The fraction of sp³-hybridized carbons (Fsp3) is 0.471. The number of pyridine rings is 1. The molecule has 0 radical (unpaired) electrons. The molecule has 2 heteroatoms. The number of hydrogen-bond donors (Lipinski definition) is 1. The van der Waals surface area contributed by atoms with Crippen LogP contribution in [-0.2, 0) is 0 Å². The molecule has 0 spiro atoms. The normalized spacial score (nSPS) is 13.1. The van der Waals surface area contributed by atoms with Gasteiger partial charge in [-0.25, -0.2) is 0 Å². The minimum Gasteiger partial charge on any atom is -0.312 e. The summed E-state index contributed by atoms with van der Waals surface area (Å²) >= 11 is 0. The van der Waals surface area contributed by atoms with E-state index in [1.807, 2.05) is 13.2 Å². The smallest absolute Gasteiger partial charge is 0.0651 e. The molecule has 1 aromatic carbocycles. The first kappa shape index (κ1) is 14.0. The van der Waals surface area contributed by atoms with Crippen LogP contribution in [-0.4, -0.2) is 12.0 Å². The largest absolute Gasteiger partial charge is 0.312 e. The van der Waals surface area contributed by atoms with Gasteiger partial charge in [-0.1, -0.05) is 51.0 Å². The molecule has 0 aliphatic carbocycles. The van der Waals surface area contributed by atoms with Gasteiger partial charge in [-0.2, -0.15) is 0 Å². The highest BCUT2D eigenvalue weighted by Crippen LogP contribution is 2.25. The van der Waals surface area contributed by atoms with Crippen molar-refractivity contribution < 1.29 is 0 Å². The van der Waals surface area contributed by atoms with Gasteiger partial charge in [0.25, 0.3) is 0 Å². The predicted octanol–water partition coefficient (Wildman–Crippen LogP) is 4.32. The van der Waals surface area contributed by atoms with Crippen LogP contribution in [0.2, 0.25) is 0 Å². The lowest BCUT2D eigenvalue weighted by Crippen LogP contribution is -2.18. The molecule has 0 aliphatic rings. The maximum atomic E-state index is 4.61. The summed E-state index contributed by atoms with van der Waals surface area (Å²) in [4.78, 5) is 4.61. The van der Waals surface area contributed by atoms with E-state index >= 15 is 0 Å². The molecule has 0 amide bonds. The quantitative estimate of drug-likeness (QED) is 0.832. The molecule has 0 aliphatic heterocycles. The van der Waals surface area contributed by atoms with Gasteiger partial charge in [0.05, 0.1) is 5.69 Å². The first-order chi connectivity index (χ1) is 9.22. The van der Waals surface area contributed by atoms with Gasteiger partial charge in [0.2, 0.25) is 0 Å². The first-order valence-electron chi connectivity index (χ1n) is 7.23. The van der Waals surface area contributed by atoms with E-state index in [4.69, 9.17) is 0 Å². The maximum Gasteiger partial charge on any atom is 0.0651 e. The molecule has 1 unspecified atom stereocenters. The zero-order valence-electron chi connectivity index (χ0n) is 12.2. The van der Waals surface area contributed by atoms with Crippen LogP contribution in [0.5, 0.6) is 0 Å². The summed E-state index contributed by atoms with van der Waals surface area (Å²) in [7, 11) is 2.03. The van der Waals surface area contributed by atoms with Gasteiger partial charge in [-0.15, -0.1) is 0 Å². The summed E-state index contributed by atoms with van der Waals surface area (Å²) in [6.07, 6.45) is 5.59. The average molecular weight is 256 g/mol. The average Bonchev–Trinajstić information content (AvgIpc) is 2.43. The molecule has 19 heavy (non-hydrogen) atoms. The second kappa shape index (κ2) is 6.67. The monoisotopic (exact) mass is 256 g/mol. The van der Waals surface area contributed by atoms with Gasteiger partial charge in [-0.3, -0.25) is 4.98 Å². The third-order valence-electron chi connectivity index (χ3n) is 3.66. The van der Waals surface area contributed by atoms with E-state index in [-0.39, 0.29) is 0 Å². The highest BCUT2D eigenvalue weighted by atomic mass is 14.9. The summed E-state index contributed by atoms with van der Waals surface area (Å²) in [5.41, 5.74) is 1.18. The number of hydrogen-bond acceptors (Lipinski definition) is 2. The predicted molar refractivity (Wildman–Crippen MR) is 82.2 cm³/mol. The zero-order valence-corrected chi connectivity index (χ0v) is 12.2. The molecule has 1 atom stereocenters. The Balaban J connectivity index is 2.20. The van der Waals surface area contributed by atoms with Crippen molar-refractivity contribution >= 4 is 10.8 Å². The van der Waals surface area contributed by atoms with Gasteiger partial charge < -0.3 is 5.32 Å². The molecule has 102 valence electrons. The molecule has 2 aromatic rings. The highest BCUT2D eigenvalue weighted by molar-refractivity contribution is 5.84. The summed E-state index contributed by atoms with van der Waals surface area (Å²) in [5.74, 6) is 0.776. The molecule has 0 saturated heterocycles. The van der Waals surface area contributed by atoms with E-state index in [0.717, 1.165) is 12.3 Å². The van der Waals surface area contributed by atoms with Crippen molar-refractivity contribution in [3.8, 4) is 0 Å². The maximum absolute atomic E-state index is 4.61. The summed E-state index contributed by atoms with van der Waals surface area (Å²) in [6, 6.07) is 10.9. The number of benzene rings is 1. The lowest BCUT2D eigenvalue weighted by atomic mass is 9.98. The Morgan fingerprint density at radius 2 is 1.89 bits per heavy atom. The Morgan fingerprint density at radius 3 is 2.63 bits per heavy atom. The molecule has 1 N–H and O–H groups in total. The SMILES string of the molecule is CNC(CCCC(C)C)c1nccc2ccccc12. The molecule has 1 heterocycles. The van der Waals surface area contributed by atoms with Crippen LogP contribution in [0.1, 0.15) is 44.8 Å². The van der Waals surface area contributed by atoms with Crippen molar-refractivity contribution in [2.75, 3.05) is 7.05 Å². The second-order valence-corrected chi connectivity index (χ2v) is 5.58. The summed E-state index contributed by atoms with van der Waals surface area (Å²) in [5, 5.41) is 5.97. The summed E-state index contributed by atoms with van der Waals surface area (Å²) in [6.45, 7) is 4.56. The number of fused-ring (bicyclic) bond motifs is 1. The molecule has 0 saturated carbocycles. The molecule has 2 nitrogen and oxygen atoms in total. The van der Waals surface area contributed by atoms with Gasteiger partial charge in [0, 0.05) is 17.6 Å². The topological polar surface area (TPSA) is 24.9 Å². The standard InChI is InChI=1S/C17H24N2/c1-13(2)7-6-10-16(18-3)17-15-9-5-4-8-14(15)11-12-19-17/h4-5,8-9,11-13,16,18H,6-7,10H2,1-3H3. The van der Waals surface area contributed by atoms with E-state index in [1.165, 1.54) is 29.3 Å². The van der Waals surface area contributed by atoms with Crippen LogP contribution in [0.4, 0.5) is 0 Å². The number of nitrogens with one attached hydrogen (secondary N) is 1. The fourth-order valence-corrected chi connectivity index (χ4v) is 2.57. The van der Waals surface area contributed by atoms with E-state index in [1.54, 1.807) is 0 Å². The number of nitrogens with zero attached hydrogens (tertiary/aromatic N) is 1. The minimum absolute atomic E-state index is 0.352. The molecular formula is C17H24N2. The number of aromatic nitrogens is 1. The fourth-order valence-electron chi connectivity index (χ4n) is 2.57. The highest BCUT2D eigenvalue weighted by Gasteiger charge is 2.13. The lowest BCUT2D eigenvalue weighted by Gasteiger charge is -2.18. The van der Waals surface area contributed by atoms with Crippen LogP contribution in [0, 0.1) is 5.92 Å². The van der Waals surface area contributed by atoms with Crippen LogP contribution in [0.3, 0.4) is 0 Å². The third-order valence-corrected chi connectivity index (χ3v) is 3.66. The van der Waals surface area contributed by atoms with Crippen molar-refractivity contribution in [3.05, 3.63) is 42.2 Å². The molecular weight excluding hydrogens is 232 g/mol. The number of rotatable bonds is 6. The molecule has 0 bridgehead atoms. The van der Waals surface area contributed by atoms with Gasteiger partial charge in [0.1, 0.15) is 0 Å². The van der Waals surface area contributed by atoms with Crippen molar-refractivity contribution in [2.45, 2.75) is 39.2 Å². The summed E-state index contributed by atoms with van der Waals surface area (Å²) < 4.78 is 0. The molecule has 1 aromatic heterocycles. The van der Waals surface area contributed by atoms with Crippen LogP contribution < -0.4 is 5.32 Å². The second-order valence-electron chi connectivity index (χ2n) is 5.58. The van der Waals surface area contributed by atoms with Crippen LogP contribution in [0.15, 0.2) is 36.5 Å². The van der Waals surface area contributed by atoms with Crippen LogP contribution in [0.25, 0.3) is 10.8 Å². The van der Waals surface area contributed by atoms with Gasteiger partial charge >= 0.3 is 0 Å². The third kappa shape index (κ3) is 3.54. The van der Waals surface area contributed by atoms with Crippen molar-refractivity contribution in [2.24, 2.45) is 5.92 Å². The molecule has 0 fully saturated rings. The Morgan fingerprint density at radius 1 is 1.11 bits per heavy atom. The Kier molecular flexibility index (Phi) is 4.92. The van der Waals surface area contributed by atoms with E-state index in [9.17, 15) is 0 Å².